The molecule has 1 aliphatic heterocycles. The third-order valence-electron chi connectivity index (χ3n) is 5.25. The van der Waals surface area contributed by atoms with Crippen LogP contribution >= 0.6 is 0 Å². The lowest BCUT2D eigenvalue weighted by Crippen LogP contribution is -2.43. The lowest BCUT2D eigenvalue weighted by Gasteiger charge is -2.29. The van der Waals surface area contributed by atoms with Crippen LogP contribution in [0.25, 0.3) is 23.9 Å². The zero-order valence-corrected chi connectivity index (χ0v) is 15.9. The summed E-state index contributed by atoms with van der Waals surface area (Å²) in [6.45, 7) is 23.1. The monoisotopic (exact) mass is 350 g/mol. The SMILES string of the molecule is C=CNC(=C)C(CCC)n1c(=C)c2ccc(N3CCNCC3)cc2c1=C. The quantitative estimate of drug-likeness (QED) is 0.805. The van der Waals surface area contributed by atoms with Gasteiger partial charge in [-0.25, -0.2) is 0 Å². The summed E-state index contributed by atoms with van der Waals surface area (Å²) in [6, 6.07) is 6.78. The average molecular weight is 351 g/mol. The van der Waals surface area contributed by atoms with Crippen molar-refractivity contribution in [3.63, 3.8) is 0 Å². The Hall–Kier alpha value is -2.46. The second-order valence-corrected chi connectivity index (χ2v) is 6.91. The molecule has 1 atom stereocenters. The van der Waals surface area contributed by atoms with Crippen molar-refractivity contribution in [1.82, 2.24) is 15.2 Å². The van der Waals surface area contributed by atoms with E-state index in [1.54, 1.807) is 6.20 Å². The van der Waals surface area contributed by atoms with Gasteiger partial charge in [0, 0.05) is 59.0 Å². The van der Waals surface area contributed by atoms with Gasteiger partial charge in [0.2, 0.25) is 0 Å². The molecule has 1 aromatic heterocycles. The first-order valence-corrected chi connectivity index (χ1v) is 9.42. The van der Waals surface area contributed by atoms with Crippen LogP contribution in [0.3, 0.4) is 0 Å². The van der Waals surface area contributed by atoms with Gasteiger partial charge in [-0.05, 0) is 24.8 Å². The molecule has 138 valence electrons. The summed E-state index contributed by atoms with van der Waals surface area (Å²) in [5, 5.41) is 10.9. The Balaban J connectivity index is 2.08. The Morgan fingerprint density at radius 3 is 2.58 bits per heavy atom. The van der Waals surface area contributed by atoms with Gasteiger partial charge in [0.15, 0.2) is 0 Å². The highest BCUT2D eigenvalue weighted by Crippen LogP contribution is 2.22. The highest BCUT2D eigenvalue weighted by Gasteiger charge is 2.18. The lowest BCUT2D eigenvalue weighted by atomic mass is 10.1. The minimum atomic E-state index is 0.119. The van der Waals surface area contributed by atoms with Gasteiger partial charge in [-0.2, -0.15) is 0 Å². The van der Waals surface area contributed by atoms with Crippen molar-refractivity contribution in [3.8, 4) is 0 Å². The molecule has 0 saturated carbocycles. The third kappa shape index (κ3) is 3.29. The Labute approximate surface area is 156 Å². The van der Waals surface area contributed by atoms with E-state index in [2.05, 4.69) is 71.5 Å². The van der Waals surface area contributed by atoms with E-state index in [9.17, 15) is 0 Å². The number of nitrogens with zero attached hydrogens (tertiary/aromatic N) is 2. The van der Waals surface area contributed by atoms with Crippen molar-refractivity contribution in [2.75, 3.05) is 31.1 Å². The zero-order valence-electron chi connectivity index (χ0n) is 15.9. The standard InChI is InChI=1S/C22H30N4/c1-6-8-22(16(3)24-7-2)26-17(4)20-10-9-19(15-21(20)18(26)5)25-13-11-23-12-14-25/h7,9-10,15,22-24H,2-6,8,11-14H2,1H3. The third-order valence-corrected chi connectivity index (χ3v) is 5.25. The van der Waals surface area contributed by atoms with E-state index in [1.165, 1.54) is 16.5 Å². The minimum absolute atomic E-state index is 0.119. The van der Waals surface area contributed by atoms with Crippen molar-refractivity contribution in [2.24, 2.45) is 0 Å². The Kier molecular flexibility index (Phi) is 5.52. The van der Waals surface area contributed by atoms with Crippen molar-refractivity contribution >= 4 is 29.6 Å². The molecule has 0 aliphatic carbocycles. The number of nitrogens with one attached hydrogen (secondary N) is 2. The first kappa shape index (κ1) is 18.3. The van der Waals surface area contributed by atoms with E-state index >= 15 is 0 Å². The Morgan fingerprint density at radius 1 is 1.23 bits per heavy atom. The van der Waals surface area contributed by atoms with E-state index in [1.807, 2.05) is 0 Å². The molecule has 4 heteroatoms. The van der Waals surface area contributed by atoms with Gasteiger partial charge in [0.05, 0.1) is 6.04 Å². The van der Waals surface area contributed by atoms with Crippen LogP contribution in [0, 0.1) is 0 Å². The predicted octanol–water partition coefficient (Wildman–Crippen LogP) is 2.46. The molecule has 1 saturated heterocycles. The average Bonchev–Trinajstić information content (AvgIpc) is 2.91. The summed E-state index contributed by atoms with van der Waals surface area (Å²) >= 11 is 0. The number of hydrogen-bond donors (Lipinski definition) is 2. The second kappa shape index (κ2) is 7.83. The number of allylic oxidation sites excluding steroid dienone is 1. The van der Waals surface area contributed by atoms with Crippen LogP contribution < -0.4 is 26.2 Å². The number of piperazine rings is 1. The van der Waals surface area contributed by atoms with Gasteiger partial charge in [-0.3, -0.25) is 0 Å². The molecular weight excluding hydrogens is 320 g/mol. The minimum Gasteiger partial charge on any atom is -0.369 e. The molecule has 0 bridgehead atoms. The maximum atomic E-state index is 4.40. The van der Waals surface area contributed by atoms with E-state index in [-0.39, 0.29) is 6.04 Å². The largest absolute Gasteiger partial charge is 0.369 e. The van der Waals surface area contributed by atoms with Crippen molar-refractivity contribution in [1.29, 1.82) is 0 Å². The van der Waals surface area contributed by atoms with Crippen LogP contribution in [0.15, 0.2) is 43.3 Å². The van der Waals surface area contributed by atoms with Gasteiger partial charge < -0.3 is 20.1 Å². The van der Waals surface area contributed by atoms with Crippen molar-refractivity contribution in [3.05, 3.63) is 54.0 Å². The number of hydrogen-bond acceptors (Lipinski definition) is 3. The van der Waals surface area contributed by atoms with E-state index in [4.69, 9.17) is 0 Å². The van der Waals surface area contributed by atoms with Gasteiger partial charge >= 0.3 is 0 Å². The van der Waals surface area contributed by atoms with E-state index < -0.39 is 0 Å². The molecule has 1 fully saturated rings. The number of aromatic nitrogens is 1. The molecule has 1 unspecified atom stereocenters. The van der Waals surface area contributed by atoms with Crippen LogP contribution in [0.2, 0.25) is 0 Å². The maximum absolute atomic E-state index is 4.40. The fraction of sp³-hybridized carbons (Fsp3) is 0.364. The summed E-state index contributed by atoms with van der Waals surface area (Å²) in [5.41, 5.74) is 2.19. The summed E-state index contributed by atoms with van der Waals surface area (Å²) in [5.74, 6) is 0. The first-order chi connectivity index (χ1) is 12.6. The Morgan fingerprint density at radius 2 is 1.92 bits per heavy atom. The summed E-state index contributed by atoms with van der Waals surface area (Å²) < 4.78 is 2.23. The van der Waals surface area contributed by atoms with Crippen LogP contribution in [-0.2, 0) is 0 Å². The lowest BCUT2D eigenvalue weighted by molar-refractivity contribution is 0.493. The number of fused-ring (bicyclic) bond motifs is 1. The molecule has 3 rings (SSSR count). The molecule has 2 N–H and O–H groups in total. The summed E-state index contributed by atoms with van der Waals surface area (Å²) in [4.78, 5) is 2.43. The number of rotatable bonds is 7. The molecule has 26 heavy (non-hydrogen) atoms. The smallest absolute Gasteiger partial charge is 0.0734 e. The van der Waals surface area contributed by atoms with Gasteiger partial charge in [-0.15, -0.1) is 0 Å². The molecular formula is C22H30N4. The Bertz CT molecular complexity index is 902. The maximum Gasteiger partial charge on any atom is 0.0734 e. The van der Waals surface area contributed by atoms with Crippen molar-refractivity contribution in [2.45, 2.75) is 25.8 Å². The molecule has 2 heterocycles. The van der Waals surface area contributed by atoms with Crippen LogP contribution in [0.5, 0.6) is 0 Å². The summed E-state index contributed by atoms with van der Waals surface area (Å²) in [6.07, 6.45) is 3.72. The first-order valence-electron chi connectivity index (χ1n) is 9.42. The molecule has 1 aliphatic rings. The second-order valence-electron chi connectivity index (χ2n) is 6.91. The molecule has 4 nitrogen and oxygen atoms in total. The van der Waals surface area contributed by atoms with Crippen molar-refractivity contribution < 1.29 is 0 Å². The van der Waals surface area contributed by atoms with E-state index in [0.29, 0.717) is 0 Å². The van der Waals surface area contributed by atoms with Gasteiger partial charge in [-0.1, -0.05) is 45.7 Å². The highest BCUT2D eigenvalue weighted by atomic mass is 15.2. The van der Waals surface area contributed by atoms with Crippen LogP contribution in [0.4, 0.5) is 5.69 Å². The van der Waals surface area contributed by atoms with E-state index in [0.717, 1.165) is 55.4 Å². The normalized spacial score (nSPS) is 15.8. The van der Waals surface area contributed by atoms with Gasteiger partial charge in [0.1, 0.15) is 0 Å². The number of benzene rings is 1. The highest BCUT2D eigenvalue weighted by molar-refractivity contribution is 5.87. The zero-order chi connectivity index (χ0) is 18.7. The molecule has 2 aromatic rings. The van der Waals surface area contributed by atoms with Crippen LogP contribution in [0.1, 0.15) is 25.8 Å². The fourth-order valence-corrected chi connectivity index (χ4v) is 3.90. The molecule has 1 aromatic carbocycles. The molecule has 0 amide bonds. The predicted molar refractivity (Wildman–Crippen MR) is 114 cm³/mol. The topological polar surface area (TPSA) is 32.2 Å². The summed E-state index contributed by atoms with van der Waals surface area (Å²) in [7, 11) is 0. The molecule has 0 radical (unpaired) electrons. The van der Waals surface area contributed by atoms with Crippen LogP contribution in [-0.4, -0.2) is 30.7 Å². The number of anilines is 1. The molecule has 0 spiro atoms. The fourth-order valence-electron chi connectivity index (χ4n) is 3.90. The van der Waals surface area contributed by atoms with Gasteiger partial charge in [0.25, 0.3) is 0 Å².